The Bertz CT molecular complexity index is 393. The Balaban J connectivity index is 2.03. The van der Waals surface area contributed by atoms with Crippen LogP contribution in [0.5, 0.6) is 0 Å². The van der Waals surface area contributed by atoms with E-state index in [1.807, 2.05) is 20.8 Å². The largest absolute Gasteiger partial charge is 0.481 e. The molecule has 2 aliphatic rings. The predicted octanol–water partition coefficient (Wildman–Crippen LogP) is 2.20. The quantitative estimate of drug-likeness (QED) is 0.801. The molecule has 19 heavy (non-hydrogen) atoms. The fraction of sp³-hybridized carbons (Fsp3) is 0.846. The third-order valence-corrected chi connectivity index (χ3v) is 5.28. The van der Waals surface area contributed by atoms with Crippen LogP contribution >= 0.6 is 11.8 Å². The number of thioether (sulfide) groups is 1. The van der Waals surface area contributed by atoms with Gasteiger partial charge < -0.3 is 14.7 Å². The minimum atomic E-state index is -0.740. The highest BCUT2D eigenvalue weighted by Gasteiger charge is 2.52. The van der Waals surface area contributed by atoms with Gasteiger partial charge in [-0.05, 0) is 39.4 Å². The fourth-order valence-electron chi connectivity index (χ4n) is 2.78. The molecule has 1 amide bonds. The minimum Gasteiger partial charge on any atom is -0.481 e. The van der Waals surface area contributed by atoms with Gasteiger partial charge in [0.25, 0.3) is 0 Å². The van der Waals surface area contributed by atoms with E-state index < -0.39 is 11.6 Å². The molecule has 2 saturated heterocycles. The van der Waals surface area contributed by atoms with Crippen LogP contribution in [0.3, 0.4) is 0 Å². The second kappa shape index (κ2) is 4.89. The van der Waals surface area contributed by atoms with Crippen molar-refractivity contribution in [3.8, 4) is 0 Å². The average Bonchev–Trinajstić information content (AvgIpc) is 2.84. The van der Waals surface area contributed by atoms with Crippen LogP contribution in [-0.2, 0) is 9.53 Å². The number of carbonyl (C=O) groups is 2. The van der Waals surface area contributed by atoms with Crippen LogP contribution in [0.2, 0.25) is 0 Å². The average molecular weight is 287 g/mol. The molecule has 6 heteroatoms. The molecule has 0 aromatic carbocycles. The number of ether oxygens (including phenoxy) is 1. The third-order valence-electron chi connectivity index (χ3n) is 3.64. The highest BCUT2D eigenvalue weighted by Crippen LogP contribution is 2.49. The smallest absolute Gasteiger partial charge is 0.410 e. The van der Waals surface area contributed by atoms with Crippen molar-refractivity contribution in [1.82, 2.24) is 4.90 Å². The van der Waals surface area contributed by atoms with Gasteiger partial charge in [0.1, 0.15) is 5.60 Å². The summed E-state index contributed by atoms with van der Waals surface area (Å²) in [5.41, 5.74) is -0.512. The van der Waals surface area contributed by atoms with Gasteiger partial charge in [0.05, 0.1) is 5.92 Å². The maximum Gasteiger partial charge on any atom is 0.410 e. The molecule has 0 radical (unpaired) electrons. The molecule has 0 bridgehead atoms. The number of hydrogen-bond acceptors (Lipinski definition) is 4. The number of rotatable bonds is 1. The van der Waals surface area contributed by atoms with Crippen LogP contribution in [-0.4, -0.2) is 51.3 Å². The minimum absolute atomic E-state index is 0.303. The maximum absolute atomic E-state index is 12.0. The van der Waals surface area contributed by atoms with Crippen LogP contribution in [0, 0.1) is 5.92 Å². The summed E-state index contributed by atoms with van der Waals surface area (Å²) in [6, 6.07) is 0. The first kappa shape index (κ1) is 14.5. The number of amides is 1. The van der Waals surface area contributed by atoms with Crippen molar-refractivity contribution in [2.45, 2.75) is 44.0 Å². The first-order valence-electron chi connectivity index (χ1n) is 6.58. The monoisotopic (exact) mass is 287 g/mol. The van der Waals surface area contributed by atoms with Gasteiger partial charge in [-0.3, -0.25) is 4.79 Å². The lowest BCUT2D eigenvalue weighted by Gasteiger charge is -2.28. The number of carboxylic acid groups (broad SMARTS) is 1. The molecule has 0 aromatic rings. The summed E-state index contributed by atoms with van der Waals surface area (Å²) in [5.74, 6) is -0.222. The third kappa shape index (κ3) is 2.99. The van der Waals surface area contributed by atoms with Crippen molar-refractivity contribution in [3.63, 3.8) is 0 Å². The summed E-state index contributed by atoms with van der Waals surface area (Å²) in [5, 5.41) is 9.30. The van der Waals surface area contributed by atoms with Gasteiger partial charge in [0, 0.05) is 17.8 Å². The molecule has 2 fully saturated rings. The number of nitrogens with zero attached hydrogens (tertiary/aromatic N) is 1. The second-order valence-corrected chi connectivity index (χ2v) is 7.75. The Morgan fingerprint density at radius 2 is 2.11 bits per heavy atom. The molecule has 1 N–H and O–H groups in total. The van der Waals surface area contributed by atoms with Crippen molar-refractivity contribution in [2.24, 2.45) is 5.92 Å². The van der Waals surface area contributed by atoms with E-state index in [0.29, 0.717) is 19.5 Å². The van der Waals surface area contributed by atoms with E-state index in [-0.39, 0.29) is 16.8 Å². The Morgan fingerprint density at radius 1 is 1.42 bits per heavy atom. The summed E-state index contributed by atoms with van der Waals surface area (Å²) in [7, 11) is 0. The van der Waals surface area contributed by atoms with Gasteiger partial charge >= 0.3 is 12.1 Å². The lowest BCUT2D eigenvalue weighted by atomic mass is 9.89. The van der Waals surface area contributed by atoms with Crippen LogP contribution in [0.4, 0.5) is 4.79 Å². The van der Waals surface area contributed by atoms with E-state index in [2.05, 4.69) is 0 Å². The topological polar surface area (TPSA) is 66.8 Å². The molecule has 0 aliphatic carbocycles. The first-order chi connectivity index (χ1) is 8.73. The molecule has 1 spiro atoms. The fourth-order valence-corrected chi connectivity index (χ4v) is 4.44. The molecule has 2 rings (SSSR count). The van der Waals surface area contributed by atoms with Gasteiger partial charge in [-0.15, -0.1) is 0 Å². The number of hydrogen-bond donors (Lipinski definition) is 1. The second-order valence-electron chi connectivity index (χ2n) is 6.24. The molecule has 5 nitrogen and oxygen atoms in total. The summed E-state index contributed by atoms with van der Waals surface area (Å²) in [6.07, 6.45) is 1.11. The van der Waals surface area contributed by atoms with Crippen LogP contribution in [0.1, 0.15) is 33.6 Å². The number of aliphatic carboxylic acids is 1. The van der Waals surface area contributed by atoms with Gasteiger partial charge in [-0.2, -0.15) is 11.8 Å². The van der Waals surface area contributed by atoms with Crippen molar-refractivity contribution >= 4 is 23.8 Å². The van der Waals surface area contributed by atoms with Gasteiger partial charge in [-0.25, -0.2) is 4.79 Å². The number of carboxylic acids is 1. The van der Waals surface area contributed by atoms with Crippen molar-refractivity contribution < 1.29 is 19.4 Å². The zero-order valence-electron chi connectivity index (χ0n) is 11.6. The van der Waals surface area contributed by atoms with Crippen LogP contribution < -0.4 is 0 Å². The Labute approximate surface area is 117 Å². The first-order valence-corrected chi connectivity index (χ1v) is 7.57. The molecule has 0 aromatic heterocycles. The molecule has 108 valence electrons. The number of carbonyl (C=O) groups excluding carboxylic acids is 1. The molecule has 0 saturated carbocycles. The molecule has 2 heterocycles. The molecular formula is C13H21NO4S. The van der Waals surface area contributed by atoms with Crippen LogP contribution in [0.15, 0.2) is 0 Å². The molecule has 0 unspecified atom stereocenters. The zero-order chi connectivity index (χ0) is 14.3. The highest BCUT2D eigenvalue weighted by atomic mass is 32.2. The summed E-state index contributed by atoms with van der Waals surface area (Å²) in [4.78, 5) is 25.0. The van der Waals surface area contributed by atoms with Crippen molar-refractivity contribution in [3.05, 3.63) is 0 Å². The van der Waals surface area contributed by atoms with Gasteiger partial charge in [0.2, 0.25) is 0 Å². The van der Waals surface area contributed by atoms with E-state index in [9.17, 15) is 14.7 Å². The van der Waals surface area contributed by atoms with E-state index in [1.165, 1.54) is 0 Å². The summed E-state index contributed by atoms with van der Waals surface area (Å²) >= 11 is 1.70. The summed E-state index contributed by atoms with van der Waals surface area (Å²) in [6.45, 7) is 6.58. The predicted molar refractivity (Wildman–Crippen MR) is 73.4 cm³/mol. The standard InChI is InChI=1S/C13H21NO4S/c1-12(2,3)18-11(17)14-6-5-13(8-14)9(10(15)16)4-7-19-13/h9H,4-8H2,1-3H3,(H,15,16)/t9-,13-/m0/s1. The Kier molecular flexibility index (Phi) is 3.73. The van der Waals surface area contributed by atoms with Gasteiger partial charge in [-0.1, -0.05) is 0 Å². The van der Waals surface area contributed by atoms with Crippen molar-refractivity contribution in [1.29, 1.82) is 0 Å². The zero-order valence-corrected chi connectivity index (χ0v) is 12.5. The van der Waals surface area contributed by atoms with Crippen LogP contribution in [0.25, 0.3) is 0 Å². The Hall–Kier alpha value is -0.910. The maximum atomic E-state index is 12.0. The number of likely N-dealkylation sites (tertiary alicyclic amines) is 1. The molecular weight excluding hydrogens is 266 g/mol. The van der Waals surface area contributed by atoms with E-state index in [4.69, 9.17) is 4.74 Å². The lowest BCUT2D eigenvalue weighted by molar-refractivity contribution is -0.142. The summed E-state index contributed by atoms with van der Waals surface area (Å²) < 4.78 is 5.05. The van der Waals surface area contributed by atoms with E-state index in [1.54, 1.807) is 16.7 Å². The van der Waals surface area contributed by atoms with Crippen molar-refractivity contribution in [2.75, 3.05) is 18.8 Å². The van der Waals surface area contributed by atoms with E-state index >= 15 is 0 Å². The molecule has 2 atom stereocenters. The highest BCUT2D eigenvalue weighted by molar-refractivity contribution is 8.01. The normalized spacial score (nSPS) is 30.9. The Morgan fingerprint density at radius 3 is 2.68 bits per heavy atom. The lowest BCUT2D eigenvalue weighted by Crippen LogP contribution is -2.41. The molecule has 2 aliphatic heterocycles. The van der Waals surface area contributed by atoms with E-state index in [0.717, 1.165) is 12.2 Å². The van der Waals surface area contributed by atoms with Gasteiger partial charge in [0.15, 0.2) is 0 Å². The SMILES string of the molecule is CC(C)(C)OC(=O)N1CC[C@@]2(C1)SCC[C@H]2C(=O)O.